The van der Waals surface area contributed by atoms with Crippen LogP contribution >= 0.6 is 0 Å². The lowest BCUT2D eigenvalue weighted by Crippen LogP contribution is -2.37. The lowest BCUT2D eigenvalue weighted by Gasteiger charge is -2.22. The maximum absolute atomic E-state index is 13.0. The van der Waals surface area contributed by atoms with Gasteiger partial charge in [-0.3, -0.25) is 0 Å². The first-order valence-electron chi connectivity index (χ1n) is 14.1. The van der Waals surface area contributed by atoms with E-state index in [9.17, 15) is 27.9 Å². The van der Waals surface area contributed by atoms with Gasteiger partial charge in [-0.05, 0) is 73.9 Å². The minimum absolute atomic E-state index is 0.0237. The first kappa shape index (κ1) is 33.3. The summed E-state index contributed by atoms with van der Waals surface area (Å²) in [5, 5.41) is 9.27. The van der Waals surface area contributed by atoms with Crippen molar-refractivity contribution < 1.29 is 46.8 Å². The van der Waals surface area contributed by atoms with Gasteiger partial charge in [-0.15, -0.1) is 0 Å². The van der Waals surface area contributed by atoms with Gasteiger partial charge in [0.05, 0.1) is 6.54 Å². The number of carboxylic acids is 1. The molecule has 1 atom stereocenters. The van der Waals surface area contributed by atoms with Crippen LogP contribution in [0.2, 0.25) is 0 Å². The van der Waals surface area contributed by atoms with Crippen molar-refractivity contribution in [1.29, 1.82) is 0 Å². The minimum atomic E-state index is -4.21. The summed E-state index contributed by atoms with van der Waals surface area (Å²) in [4.78, 5) is 25.7. The van der Waals surface area contributed by atoms with E-state index in [0.717, 1.165) is 5.56 Å². The zero-order chi connectivity index (χ0) is 31.1. The number of halogens is 3. The summed E-state index contributed by atoms with van der Waals surface area (Å²) in [6, 6.07) is 22.6. The lowest BCUT2D eigenvalue weighted by molar-refractivity contribution is -0.150. The molecule has 11 heteroatoms. The zero-order valence-electron chi connectivity index (χ0n) is 23.9. The van der Waals surface area contributed by atoms with Gasteiger partial charge in [0.2, 0.25) is 0 Å². The molecule has 0 aliphatic carbocycles. The predicted octanol–water partition coefficient (Wildman–Crippen LogP) is 7.51. The molecule has 1 unspecified atom stereocenters. The van der Waals surface area contributed by atoms with E-state index in [1.54, 1.807) is 55.5 Å². The summed E-state index contributed by atoms with van der Waals surface area (Å²) in [6.45, 7) is 2.46. The van der Waals surface area contributed by atoms with E-state index in [1.165, 1.54) is 4.90 Å². The molecule has 0 fully saturated rings. The number of carbonyl (C=O) groups excluding carboxylic acids is 1. The Balaban J connectivity index is 1.55. The number of nitrogens with zero attached hydrogens (tertiary/aromatic N) is 1. The fourth-order valence-corrected chi connectivity index (χ4v) is 4.09. The molecule has 0 saturated carbocycles. The van der Waals surface area contributed by atoms with Crippen molar-refractivity contribution in [3.63, 3.8) is 0 Å². The van der Waals surface area contributed by atoms with E-state index in [2.05, 4.69) is 0 Å². The van der Waals surface area contributed by atoms with Gasteiger partial charge in [0.15, 0.2) is 6.10 Å². The Morgan fingerprint density at radius 1 is 0.814 bits per heavy atom. The second-order valence-corrected chi connectivity index (χ2v) is 9.65. The average Bonchev–Trinajstić information content (AvgIpc) is 2.97. The van der Waals surface area contributed by atoms with Crippen LogP contribution in [-0.2, 0) is 16.0 Å². The van der Waals surface area contributed by atoms with Gasteiger partial charge in [0.25, 0.3) is 0 Å². The van der Waals surface area contributed by atoms with Gasteiger partial charge in [-0.2, -0.15) is 13.2 Å². The fourth-order valence-electron chi connectivity index (χ4n) is 4.09. The van der Waals surface area contributed by atoms with Crippen molar-refractivity contribution in [1.82, 2.24) is 4.90 Å². The number of hydrogen-bond acceptors (Lipinski definition) is 6. The number of unbranched alkanes of at least 4 members (excludes halogenated alkanes) is 2. The second-order valence-electron chi connectivity index (χ2n) is 9.65. The summed E-state index contributed by atoms with van der Waals surface area (Å²) in [5.74, 6) is 0.983. The van der Waals surface area contributed by atoms with Gasteiger partial charge in [0.1, 0.15) is 29.6 Å². The number of para-hydroxylation sites is 1. The quantitative estimate of drug-likeness (QED) is 0.160. The number of alkyl halides is 3. The Labute approximate surface area is 248 Å². The molecule has 3 rings (SSSR count). The summed E-state index contributed by atoms with van der Waals surface area (Å²) in [6.07, 6.45) is -5.82. The van der Waals surface area contributed by atoms with Gasteiger partial charge < -0.3 is 29.0 Å². The van der Waals surface area contributed by atoms with Crippen LogP contribution in [0.4, 0.5) is 18.0 Å². The molecule has 3 aromatic carbocycles. The summed E-state index contributed by atoms with van der Waals surface area (Å²) in [5.41, 5.74) is 0.762. The molecule has 0 saturated heterocycles. The van der Waals surface area contributed by atoms with Crippen LogP contribution in [0.5, 0.6) is 23.0 Å². The van der Waals surface area contributed by atoms with Crippen molar-refractivity contribution in [2.45, 2.75) is 51.3 Å². The van der Waals surface area contributed by atoms with Crippen LogP contribution < -0.4 is 14.2 Å². The minimum Gasteiger partial charge on any atom is -0.492 e. The fraction of sp³-hybridized carbons (Fsp3) is 0.375. The molecule has 8 nitrogen and oxygen atoms in total. The lowest BCUT2D eigenvalue weighted by atomic mass is 10.1. The maximum Gasteiger partial charge on any atom is 0.415 e. The number of amides is 1. The Morgan fingerprint density at radius 3 is 2.07 bits per heavy atom. The molecule has 3 aromatic rings. The predicted molar refractivity (Wildman–Crippen MR) is 154 cm³/mol. The molecule has 232 valence electrons. The molecule has 0 spiro atoms. The van der Waals surface area contributed by atoms with E-state index in [4.69, 9.17) is 18.9 Å². The summed E-state index contributed by atoms with van der Waals surface area (Å²) in [7, 11) is 0. The first-order valence-corrected chi connectivity index (χ1v) is 14.1. The third-order valence-corrected chi connectivity index (χ3v) is 6.27. The highest BCUT2D eigenvalue weighted by molar-refractivity contribution is 5.72. The Kier molecular flexibility index (Phi) is 13.2. The number of rotatable bonds is 17. The van der Waals surface area contributed by atoms with E-state index in [1.807, 2.05) is 30.3 Å². The summed E-state index contributed by atoms with van der Waals surface area (Å²) >= 11 is 0. The molecule has 0 aromatic heterocycles. The molecule has 0 aliphatic rings. The number of carboxylic acid groups (broad SMARTS) is 1. The van der Waals surface area contributed by atoms with Crippen LogP contribution in [0.25, 0.3) is 0 Å². The van der Waals surface area contributed by atoms with Crippen molar-refractivity contribution >= 4 is 12.1 Å². The number of carbonyl (C=O) groups is 2. The Hall–Kier alpha value is -4.25. The zero-order valence-corrected chi connectivity index (χ0v) is 23.9. The first-order chi connectivity index (χ1) is 20.6. The van der Waals surface area contributed by atoms with Crippen LogP contribution in [-0.4, -0.2) is 60.7 Å². The Bertz CT molecular complexity index is 1250. The number of hydrogen-bond donors (Lipinski definition) is 1. The van der Waals surface area contributed by atoms with Gasteiger partial charge in [-0.1, -0.05) is 36.8 Å². The van der Waals surface area contributed by atoms with Gasteiger partial charge in [-0.25, -0.2) is 9.59 Å². The molecule has 1 N–H and O–H groups in total. The van der Waals surface area contributed by atoms with Crippen LogP contribution in [0, 0.1) is 0 Å². The van der Waals surface area contributed by atoms with Crippen molar-refractivity contribution in [3.8, 4) is 23.0 Å². The molecular weight excluding hydrogens is 567 g/mol. The smallest absolute Gasteiger partial charge is 0.415 e. The molecule has 43 heavy (non-hydrogen) atoms. The molecular formula is C32H36F3NO7. The number of aliphatic carboxylic acids is 1. The SMILES string of the molecule is CCOC(Cc1ccc(OCCN(CCCCCC(F)(F)F)C(=O)Oc2ccc(Oc3ccccc3)cc2)cc1)C(=O)O. The number of ether oxygens (including phenoxy) is 4. The second kappa shape index (κ2) is 17.0. The third-order valence-electron chi connectivity index (χ3n) is 6.27. The van der Waals surface area contributed by atoms with Crippen molar-refractivity contribution in [2.75, 3.05) is 26.3 Å². The van der Waals surface area contributed by atoms with E-state index >= 15 is 0 Å². The van der Waals surface area contributed by atoms with Crippen LogP contribution in [0.15, 0.2) is 78.9 Å². The standard InChI is InChI=1S/C32H36F3NO7/c1-2-40-29(30(37)38)23-24-11-13-25(14-12-24)41-22-21-36(20-8-4-7-19-32(33,34)35)31(39)43-28-17-15-27(16-18-28)42-26-9-5-3-6-10-26/h3,5-6,9-18,29H,2,4,7-8,19-23H2,1H3,(H,37,38). The monoisotopic (exact) mass is 603 g/mol. The van der Waals surface area contributed by atoms with Gasteiger partial charge in [0, 0.05) is 26.0 Å². The van der Waals surface area contributed by atoms with Crippen molar-refractivity contribution in [2.24, 2.45) is 0 Å². The van der Waals surface area contributed by atoms with E-state index < -0.39 is 30.8 Å². The normalized spacial score (nSPS) is 11.9. The van der Waals surface area contributed by atoms with Gasteiger partial charge >= 0.3 is 18.2 Å². The maximum atomic E-state index is 13.0. The third kappa shape index (κ3) is 12.7. The highest BCUT2D eigenvalue weighted by Crippen LogP contribution is 2.25. The summed E-state index contributed by atoms with van der Waals surface area (Å²) < 4.78 is 59.8. The average molecular weight is 604 g/mol. The topological polar surface area (TPSA) is 94.5 Å². The van der Waals surface area contributed by atoms with E-state index in [-0.39, 0.29) is 44.9 Å². The number of benzene rings is 3. The highest BCUT2D eigenvalue weighted by Gasteiger charge is 2.26. The molecule has 0 radical (unpaired) electrons. The molecule has 0 heterocycles. The van der Waals surface area contributed by atoms with E-state index in [0.29, 0.717) is 30.1 Å². The van der Waals surface area contributed by atoms with Crippen LogP contribution in [0.1, 0.15) is 38.2 Å². The van der Waals surface area contributed by atoms with Crippen LogP contribution in [0.3, 0.4) is 0 Å². The highest BCUT2D eigenvalue weighted by atomic mass is 19.4. The largest absolute Gasteiger partial charge is 0.492 e. The molecule has 0 aliphatic heterocycles. The van der Waals surface area contributed by atoms with Crippen molar-refractivity contribution in [3.05, 3.63) is 84.4 Å². The Morgan fingerprint density at radius 2 is 1.44 bits per heavy atom. The molecule has 1 amide bonds. The molecule has 0 bridgehead atoms.